The van der Waals surface area contributed by atoms with Gasteiger partial charge in [-0.25, -0.2) is 0 Å². The van der Waals surface area contributed by atoms with Crippen LogP contribution in [0.25, 0.3) is 0 Å². The Morgan fingerprint density at radius 3 is 2.64 bits per heavy atom. The van der Waals surface area contributed by atoms with Gasteiger partial charge < -0.3 is 9.47 Å². The molecule has 0 radical (unpaired) electrons. The highest BCUT2D eigenvalue weighted by molar-refractivity contribution is 5.75. The number of hydrogen-bond acceptors (Lipinski definition) is 3. The summed E-state index contributed by atoms with van der Waals surface area (Å²) in [6.07, 6.45) is 2.02. The van der Waals surface area contributed by atoms with Crippen LogP contribution in [0.2, 0.25) is 0 Å². The minimum atomic E-state index is -0.0493. The van der Waals surface area contributed by atoms with Crippen LogP contribution in [0.3, 0.4) is 0 Å². The third kappa shape index (κ3) is 3.82. The summed E-state index contributed by atoms with van der Waals surface area (Å²) < 4.78 is 10.6. The lowest BCUT2D eigenvalue weighted by Gasteiger charge is -2.18. The van der Waals surface area contributed by atoms with Crippen LogP contribution in [-0.4, -0.2) is 19.7 Å². The van der Waals surface area contributed by atoms with E-state index in [0.29, 0.717) is 24.4 Å². The van der Waals surface area contributed by atoms with E-state index in [1.807, 2.05) is 6.92 Å². The zero-order valence-corrected chi connectivity index (χ0v) is 14.4. The Labute approximate surface area is 134 Å². The summed E-state index contributed by atoms with van der Waals surface area (Å²) in [7, 11) is 1.47. The summed E-state index contributed by atoms with van der Waals surface area (Å²) in [6, 6.07) is 6.53. The number of esters is 1. The molecule has 0 aliphatic heterocycles. The number of rotatable bonds is 7. The molecule has 1 saturated carbocycles. The lowest BCUT2D eigenvalue weighted by molar-refractivity contribution is -0.142. The van der Waals surface area contributed by atoms with Crippen molar-refractivity contribution in [3.63, 3.8) is 0 Å². The maximum atomic E-state index is 11.5. The minimum Gasteiger partial charge on any atom is -0.494 e. The van der Waals surface area contributed by atoms with Gasteiger partial charge in [0.15, 0.2) is 0 Å². The molecular weight excluding hydrogens is 276 g/mol. The Bertz CT molecular complexity index is 521. The largest absolute Gasteiger partial charge is 0.494 e. The molecule has 1 aromatic rings. The molecule has 0 bridgehead atoms. The normalized spacial score (nSPS) is 21.5. The summed E-state index contributed by atoms with van der Waals surface area (Å²) in [5.41, 5.74) is 2.61. The lowest BCUT2D eigenvalue weighted by atomic mass is 9.90. The van der Waals surface area contributed by atoms with E-state index in [1.165, 1.54) is 18.2 Å². The van der Waals surface area contributed by atoms with Gasteiger partial charge in [-0.2, -0.15) is 0 Å². The van der Waals surface area contributed by atoms with Crippen LogP contribution < -0.4 is 4.74 Å². The van der Waals surface area contributed by atoms with Crippen molar-refractivity contribution in [3.8, 4) is 5.75 Å². The summed E-state index contributed by atoms with van der Waals surface area (Å²) in [5, 5.41) is 0. The smallest absolute Gasteiger partial charge is 0.308 e. The van der Waals surface area contributed by atoms with Crippen molar-refractivity contribution < 1.29 is 14.3 Å². The van der Waals surface area contributed by atoms with Gasteiger partial charge in [-0.1, -0.05) is 32.9 Å². The molecule has 3 atom stereocenters. The third-order valence-electron chi connectivity index (χ3n) is 4.61. The SMILES string of the molecule is CCOc1ccc(C(C)CC2CC2C(=O)OC)cc1C(C)C. The average molecular weight is 304 g/mol. The molecule has 22 heavy (non-hydrogen) atoms. The van der Waals surface area contributed by atoms with Crippen LogP contribution in [0, 0.1) is 11.8 Å². The van der Waals surface area contributed by atoms with E-state index < -0.39 is 0 Å². The van der Waals surface area contributed by atoms with Crippen LogP contribution in [0.15, 0.2) is 18.2 Å². The van der Waals surface area contributed by atoms with Gasteiger partial charge in [0.25, 0.3) is 0 Å². The number of methoxy groups -OCH3 is 1. The Morgan fingerprint density at radius 1 is 1.32 bits per heavy atom. The average Bonchev–Trinajstić information content (AvgIpc) is 3.26. The fourth-order valence-electron chi connectivity index (χ4n) is 3.15. The molecule has 0 spiro atoms. The zero-order valence-electron chi connectivity index (χ0n) is 14.4. The molecule has 2 rings (SSSR count). The first-order valence-corrected chi connectivity index (χ1v) is 8.32. The van der Waals surface area contributed by atoms with Crippen molar-refractivity contribution in [2.24, 2.45) is 11.8 Å². The highest BCUT2D eigenvalue weighted by Gasteiger charge is 2.44. The molecular formula is C19H28O3. The van der Waals surface area contributed by atoms with E-state index in [-0.39, 0.29) is 11.9 Å². The van der Waals surface area contributed by atoms with Gasteiger partial charge in [-0.15, -0.1) is 0 Å². The zero-order chi connectivity index (χ0) is 16.3. The van der Waals surface area contributed by atoms with Crippen LogP contribution in [0.5, 0.6) is 5.75 Å². The second kappa shape index (κ2) is 7.17. The van der Waals surface area contributed by atoms with Crippen LogP contribution in [0.4, 0.5) is 0 Å². The first-order chi connectivity index (χ1) is 10.5. The van der Waals surface area contributed by atoms with E-state index in [4.69, 9.17) is 9.47 Å². The van der Waals surface area contributed by atoms with Crippen molar-refractivity contribution in [1.29, 1.82) is 0 Å². The number of carbonyl (C=O) groups excluding carboxylic acids is 1. The van der Waals surface area contributed by atoms with E-state index in [9.17, 15) is 4.79 Å². The van der Waals surface area contributed by atoms with Gasteiger partial charge in [0.1, 0.15) is 5.75 Å². The second-order valence-electron chi connectivity index (χ2n) is 6.65. The fraction of sp³-hybridized carbons (Fsp3) is 0.632. The summed E-state index contributed by atoms with van der Waals surface area (Å²) in [5.74, 6) is 2.44. The second-order valence-corrected chi connectivity index (χ2v) is 6.65. The Morgan fingerprint density at radius 2 is 2.05 bits per heavy atom. The van der Waals surface area contributed by atoms with Crippen molar-refractivity contribution in [2.45, 2.75) is 52.4 Å². The molecule has 0 aromatic heterocycles. The van der Waals surface area contributed by atoms with E-state index >= 15 is 0 Å². The van der Waals surface area contributed by atoms with Gasteiger partial charge in [0.2, 0.25) is 0 Å². The minimum absolute atomic E-state index is 0.0493. The Balaban J connectivity index is 2.05. The molecule has 1 aliphatic carbocycles. The van der Waals surface area contributed by atoms with Gasteiger partial charge >= 0.3 is 5.97 Å². The van der Waals surface area contributed by atoms with Gasteiger partial charge in [0.05, 0.1) is 19.6 Å². The van der Waals surface area contributed by atoms with Crippen LogP contribution in [0.1, 0.15) is 63.5 Å². The first-order valence-electron chi connectivity index (χ1n) is 8.32. The molecule has 0 saturated heterocycles. The number of carbonyl (C=O) groups is 1. The maximum Gasteiger partial charge on any atom is 0.308 e. The quantitative estimate of drug-likeness (QED) is 0.695. The predicted molar refractivity (Wildman–Crippen MR) is 88.3 cm³/mol. The molecule has 3 unspecified atom stereocenters. The molecule has 0 heterocycles. The van der Waals surface area contributed by atoms with Crippen LogP contribution >= 0.6 is 0 Å². The molecule has 1 aromatic carbocycles. The number of hydrogen-bond donors (Lipinski definition) is 0. The van der Waals surface area contributed by atoms with Gasteiger partial charge in [-0.05, 0) is 54.7 Å². The van der Waals surface area contributed by atoms with E-state index in [0.717, 1.165) is 18.6 Å². The third-order valence-corrected chi connectivity index (χ3v) is 4.61. The van der Waals surface area contributed by atoms with Crippen molar-refractivity contribution in [1.82, 2.24) is 0 Å². The Hall–Kier alpha value is -1.51. The Kier molecular flexibility index (Phi) is 5.49. The monoisotopic (exact) mass is 304 g/mol. The molecule has 122 valence electrons. The summed E-state index contributed by atoms with van der Waals surface area (Å²) >= 11 is 0. The van der Waals surface area contributed by atoms with Crippen molar-refractivity contribution in [3.05, 3.63) is 29.3 Å². The highest BCUT2D eigenvalue weighted by Crippen LogP contribution is 2.46. The topological polar surface area (TPSA) is 35.5 Å². The molecule has 1 fully saturated rings. The lowest BCUT2D eigenvalue weighted by Crippen LogP contribution is -2.06. The van der Waals surface area contributed by atoms with Crippen LogP contribution in [-0.2, 0) is 9.53 Å². The summed E-state index contributed by atoms with van der Waals surface area (Å²) in [4.78, 5) is 11.5. The molecule has 0 N–H and O–H groups in total. The van der Waals surface area contributed by atoms with Crippen molar-refractivity contribution >= 4 is 5.97 Å². The van der Waals surface area contributed by atoms with E-state index in [1.54, 1.807) is 0 Å². The standard InChI is InChI=1S/C19H28O3/c1-6-22-18-8-7-14(10-16(18)12(2)3)13(4)9-15-11-17(15)19(20)21-5/h7-8,10,12-13,15,17H,6,9,11H2,1-5H3. The predicted octanol–water partition coefficient (Wildman–Crippen LogP) is 4.51. The van der Waals surface area contributed by atoms with Gasteiger partial charge in [0, 0.05) is 0 Å². The fourth-order valence-corrected chi connectivity index (χ4v) is 3.15. The first kappa shape index (κ1) is 16.9. The molecule has 3 heteroatoms. The van der Waals surface area contributed by atoms with Crippen molar-refractivity contribution in [2.75, 3.05) is 13.7 Å². The molecule has 3 nitrogen and oxygen atoms in total. The molecule has 1 aliphatic rings. The maximum absolute atomic E-state index is 11.5. The van der Waals surface area contributed by atoms with E-state index in [2.05, 4.69) is 39.0 Å². The summed E-state index contributed by atoms with van der Waals surface area (Å²) in [6.45, 7) is 9.34. The van der Waals surface area contributed by atoms with Gasteiger partial charge in [-0.3, -0.25) is 4.79 Å². The number of benzene rings is 1. The number of ether oxygens (including phenoxy) is 2. The highest BCUT2D eigenvalue weighted by atomic mass is 16.5. The molecule has 0 amide bonds.